The van der Waals surface area contributed by atoms with Gasteiger partial charge in [0.15, 0.2) is 0 Å². The fraction of sp³-hybridized carbons (Fsp3) is 0.231. The van der Waals surface area contributed by atoms with Crippen molar-refractivity contribution in [1.82, 2.24) is 4.98 Å². The van der Waals surface area contributed by atoms with Gasteiger partial charge in [0.25, 0.3) is 0 Å². The summed E-state index contributed by atoms with van der Waals surface area (Å²) >= 11 is 0. The highest BCUT2D eigenvalue weighted by molar-refractivity contribution is 5.81. The minimum Gasteiger partial charge on any atom is -0.469 e. The van der Waals surface area contributed by atoms with Crippen LogP contribution in [-0.2, 0) is 16.0 Å². The molecule has 2 aromatic rings. The highest BCUT2D eigenvalue weighted by Gasteiger charge is 2.04. The van der Waals surface area contributed by atoms with E-state index >= 15 is 0 Å². The van der Waals surface area contributed by atoms with Crippen molar-refractivity contribution in [3.05, 3.63) is 41.6 Å². The third-order valence-corrected chi connectivity index (χ3v) is 2.47. The third-order valence-electron chi connectivity index (χ3n) is 2.47. The number of esters is 1. The lowest BCUT2D eigenvalue weighted by atomic mass is 10.1. The summed E-state index contributed by atoms with van der Waals surface area (Å²) in [5.74, 6) is -0.230. The summed E-state index contributed by atoms with van der Waals surface area (Å²) < 4.78 is 4.63. The van der Waals surface area contributed by atoms with Gasteiger partial charge in [-0.15, -0.1) is 0 Å². The molecule has 0 unspecified atom stereocenters. The quantitative estimate of drug-likeness (QED) is 0.721. The van der Waals surface area contributed by atoms with Crippen LogP contribution < -0.4 is 0 Å². The summed E-state index contributed by atoms with van der Waals surface area (Å²) in [5, 5.41) is 1.08. The maximum Gasteiger partial charge on any atom is 0.309 e. The maximum atomic E-state index is 11.1. The summed E-state index contributed by atoms with van der Waals surface area (Å²) in [5.41, 5.74) is 2.82. The molecule has 0 amide bonds. The molecule has 16 heavy (non-hydrogen) atoms. The van der Waals surface area contributed by atoms with E-state index in [-0.39, 0.29) is 5.97 Å². The molecule has 82 valence electrons. The largest absolute Gasteiger partial charge is 0.469 e. The zero-order valence-corrected chi connectivity index (χ0v) is 9.36. The Bertz CT molecular complexity index is 534. The van der Waals surface area contributed by atoms with Gasteiger partial charge in [0.2, 0.25) is 0 Å². The van der Waals surface area contributed by atoms with Gasteiger partial charge in [-0.3, -0.25) is 9.78 Å². The average Bonchev–Trinajstić information content (AvgIpc) is 2.28. The number of aryl methyl sites for hydroxylation is 1. The predicted octanol–water partition coefficient (Wildman–Crippen LogP) is 2.26. The summed E-state index contributed by atoms with van der Waals surface area (Å²) in [7, 11) is 1.39. The Morgan fingerprint density at radius 3 is 2.81 bits per heavy atom. The van der Waals surface area contributed by atoms with Crippen LogP contribution in [0.5, 0.6) is 0 Å². The van der Waals surface area contributed by atoms with Gasteiger partial charge in [-0.1, -0.05) is 18.2 Å². The van der Waals surface area contributed by atoms with Crippen molar-refractivity contribution >= 4 is 16.9 Å². The van der Waals surface area contributed by atoms with E-state index in [9.17, 15) is 4.79 Å². The number of hydrogen-bond acceptors (Lipinski definition) is 3. The standard InChI is InChI=1S/C13H13NO2/c1-9-3-5-11-6-4-10(7-12(11)14-9)8-13(15)16-2/h3-7H,8H2,1-2H3. The highest BCUT2D eigenvalue weighted by atomic mass is 16.5. The number of benzene rings is 1. The molecule has 1 heterocycles. The Balaban J connectivity index is 2.39. The van der Waals surface area contributed by atoms with Gasteiger partial charge in [-0.2, -0.15) is 0 Å². The second-order valence-corrected chi connectivity index (χ2v) is 3.73. The molecular formula is C13H13NO2. The Morgan fingerprint density at radius 1 is 1.31 bits per heavy atom. The number of aromatic nitrogens is 1. The van der Waals surface area contributed by atoms with Crippen LogP contribution in [0.25, 0.3) is 10.9 Å². The van der Waals surface area contributed by atoms with Crippen LogP contribution in [-0.4, -0.2) is 18.1 Å². The molecule has 0 fully saturated rings. The summed E-state index contributed by atoms with van der Waals surface area (Å²) in [4.78, 5) is 15.6. The number of methoxy groups -OCH3 is 1. The Kier molecular flexibility index (Phi) is 2.86. The smallest absolute Gasteiger partial charge is 0.309 e. The number of ether oxygens (including phenoxy) is 1. The van der Waals surface area contributed by atoms with Gasteiger partial charge >= 0.3 is 5.97 Å². The highest BCUT2D eigenvalue weighted by Crippen LogP contribution is 2.15. The first-order chi connectivity index (χ1) is 7.69. The number of carbonyl (C=O) groups is 1. The van der Waals surface area contributed by atoms with Crippen molar-refractivity contribution in [1.29, 1.82) is 0 Å². The van der Waals surface area contributed by atoms with Crippen LogP contribution in [0, 0.1) is 6.92 Å². The number of fused-ring (bicyclic) bond motifs is 1. The Labute approximate surface area is 94.1 Å². The second-order valence-electron chi connectivity index (χ2n) is 3.73. The Hall–Kier alpha value is -1.90. The van der Waals surface area contributed by atoms with E-state index in [0.717, 1.165) is 22.2 Å². The number of rotatable bonds is 2. The van der Waals surface area contributed by atoms with Gasteiger partial charge in [0.1, 0.15) is 0 Å². The monoisotopic (exact) mass is 215 g/mol. The lowest BCUT2D eigenvalue weighted by molar-refractivity contribution is -0.139. The molecule has 0 aliphatic heterocycles. The number of pyridine rings is 1. The van der Waals surface area contributed by atoms with Crippen molar-refractivity contribution in [2.45, 2.75) is 13.3 Å². The van der Waals surface area contributed by atoms with Crippen LogP contribution in [0.3, 0.4) is 0 Å². The molecule has 1 aromatic carbocycles. The molecule has 0 saturated carbocycles. The second kappa shape index (κ2) is 4.31. The van der Waals surface area contributed by atoms with Crippen molar-refractivity contribution in [3.63, 3.8) is 0 Å². The van der Waals surface area contributed by atoms with Gasteiger partial charge in [-0.05, 0) is 24.6 Å². The molecule has 0 spiro atoms. The Morgan fingerprint density at radius 2 is 2.06 bits per heavy atom. The molecule has 1 aromatic heterocycles. The number of nitrogens with zero attached hydrogens (tertiary/aromatic N) is 1. The fourth-order valence-corrected chi connectivity index (χ4v) is 1.61. The molecule has 0 N–H and O–H groups in total. The van der Waals surface area contributed by atoms with Crippen LogP contribution in [0.4, 0.5) is 0 Å². The van der Waals surface area contributed by atoms with Crippen LogP contribution in [0.2, 0.25) is 0 Å². The first-order valence-corrected chi connectivity index (χ1v) is 5.12. The molecule has 0 saturated heterocycles. The van der Waals surface area contributed by atoms with Crippen molar-refractivity contribution in [2.24, 2.45) is 0 Å². The van der Waals surface area contributed by atoms with Crippen LogP contribution in [0.1, 0.15) is 11.3 Å². The topological polar surface area (TPSA) is 39.2 Å². The van der Waals surface area contributed by atoms with Crippen molar-refractivity contribution in [2.75, 3.05) is 7.11 Å². The summed E-state index contributed by atoms with van der Waals surface area (Å²) in [6.45, 7) is 1.95. The average molecular weight is 215 g/mol. The van der Waals surface area contributed by atoms with Crippen LogP contribution >= 0.6 is 0 Å². The summed E-state index contributed by atoms with van der Waals surface area (Å²) in [6.07, 6.45) is 0.294. The first kappa shape index (κ1) is 10.6. The molecule has 0 bridgehead atoms. The molecule has 3 nitrogen and oxygen atoms in total. The van der Waals surface area contributed by atoms with E-state index < -0.39 is 0 Å². The SMILES string of the molecule is COC(=O)Cc1ccc2ccc(C)nc2c1. The normalized spacial score (nSPS) is 10.4. The zero-order chi connectivity index (χ0) is 11.5. The first-order valence-electron chi connectivity index (χ1n) is 5.12. The van der Waals surface area contributed by atoms with Crippen molar-refractivity contribution in [3.8, 4) is 0 Å². The molecule has 3 heteroatoms. The van der Waals surface area contributed by atoms with E-state index in [2.05, 4.69) is 9.72 Å². The van der Waals surface area contributed by atoms with Gasteiger partial charge in [-0.25, -0.2) is 0 Å². The molecule has 2 rings (SSSR count). The maximum absolute atomic E-state index is 11.1. The van der Waals surface area contributed by atoms with Crippen molar-refractivity contribution < 1.29 is 9.53 Å². The lowest BCUT2D eigenvalue weighted by Gasteiger charge is -2.03. The lowest BCUT2D eigenvalue weighted by Crippen LogP contribution is -2.04. The van der Waals surface area contributed by atoms with Gasteiger partial charge in [0.05, 0.1) is 19.0 Å². The minimum atomic E-state index is -0.230. The number of hydrogen-bond donors (Lipinski definition) is 0. The van der Waals surface area contributed by atoms with Gasteiger partial charge < -0.3 is 4.74 Å². The molecule has 0 aliphatic rings. The molecule has 0 atom stereocenters. The van der Waals surface area contributed by atoms with E-state index in [4.69, 9.17) is 0 Å². The molecule has 0 aliphatic carbocycles. The fourth-order valence-electron chi connectivity index (χ4n) is 1.61. The molecule has 0 radical (unpaired) electrons. The predicted molar refractivity (Wildman–Crippen MR) is 62.2 cm³/mol. The minimum absolute atomic E-state index is 0.230. The third kappa shape index (κ3) is 2.19. The van der Waals surface area contributed by atoms with E-state index in [1.165, 1.54) is 7.11 Å². The number of carbonyl (C=O) groups excluding carboxylic acids is 1. The van der Waals surface area contributed by atoms with Gasteiger partial charge in [0, 0.05) is 11.1 Å². The summed E-state index contributed by atoms with van der Waals surface area (Å²) in [6, 6.07) is 9.83. The molecular weight excluding hydrogens is 202 g/mol. The van der Waals surface area contributed by atoms with E-state index in [1.54, 1.807) is 0 Å². The van der Waals surface area contributed by atoms with E-state index in [1.807, 2.05) is 37.3 Å². The van der Waals surface area contributed by atoms with E-state index in [0.29, 0.717) is 6.42 Å². The zero-order valence-electron chi connectivity index (χ0n) is 9.36. The van der Waals surface area contributed by atoms with Crippen LogP contribution in [0.15, 0.2) is 30.3 Å².